The summed E-state index contributed by atoms with van der Waals surface area (Å²) >= 11 is 0. The molecule has 0 fully saturated rings. The third-order valence-electron chi connectivity index (χ3n) is 14.3. The van der Waals surface area contributed by atoms with E-state index in [-0.39, 0.29) is 37.3 Å². The predicted octanol–water partition coefficient (Wildman–Crippen LogP) is 16.5. The van der Waals surface area contributed by atoms with Gasteiger partial charge in [0.25, 0.3) is 0 Å². The molecule has 4 heterocycles. The standard InChI is InChI=1S/C63H60N5.Pt/c1-60(2,3)41-31-32-64-59(38-41)68-57-37-43(27-29-51(57)52-30-28-47(39-58(52)68)67-53-23-14-12-21-49(53)50-22-13-15-24-54(50)67)63(10,11)42-19-18-20-46(34-42)65-40-66(56-26-17-16-25-55(56)65)48-35-44(61(4,5)6)33-45(36-48)62(7,8)9;/h12-33,35-36,38-40H,1-11H3;/q-3;. The Kier molecular flexibility index (Phi) is 11.2. The van der Waals surface area contributed by atoms with E-state index in [9.17, 15) is 0 Å². The molecule has 0 N–H and O–H groups in total. The number of anilines is 4. The Bertz CT molecular complexity index is 3520. The summed E-state index contributed by atoms with van der Waals surface area (Å²) in [7, 11) is 0. The van der Waals surface area contributed by atoms with Crippen molar-refractivity contribution in [1.29, 1.82) is 0 Å². The summed E-state index contributed by atoms with van der Waals surface area (Å²) in [4.78, 5) is 9.73. The van der Waals surface area contributed by atoms with Crippen molar-refractivity contribution in [3.63, 3.8) is 0 Å². The van der Waals surface area contributed by atoms with Gasteiger partial charge >= 0.3 is 0 Å². The molecule has 0 bridgehead atoms. The number of hydrogen-bond acceptors (Lipinski definition) is 3. The fourth-order valence-electron chi connectivity index (χ4n) is 10.1. The van der Waals surface area contributed by atoms with Gasteiger partial charge in [0.1, 0.15) is 5.82 Å². The van der Waals surface area contributed by atoms with Crippen molar-refractivity contribution in [3.05, 3.63) is 204 Å². The second-order valence-electron chi connectivity index (χ2n) is 22.4. The van der Waals surface area contributed by atoms with Crippen LogP contribution < -0.4 is 9.80 Å². The van der Waals surface area contributed by atoms with Gasteiger partial charge in [-0.3, -0.25) is 0 Å². The van der Waals surface area contributed by atoms with Gasteiger partial charge in [0.2, 0.25) is 0 Å². The number of rotatable bonds is 6. The van der Waals surface area contributed by atoms with E-state index in [1.807, 2.05) is 6.20 Å². The third kappa shape index (κ3) is 7.88. The second kappa shape index (κ2) is 16.6. The molecule has 7 aromatic carbocycles. The molecule has 350 valence electrons. The fourth-order valence-corrected chi connectivity index (χ4v) is 10.1. The molecule has 0 atom stereocenters. The monoisotopic (exact) mass is 1080 g/mol. The average molecular weight is 1080 g/mol. The number of hydrogen-bond donors (Lipinski definition) is 0. The summed E-state index contributed by atoms with van der Waals surface area (Å²) in [6.45, 7) is 27.4. The maximum absolute atomic E-state index is 5.09. The average Bonchev–Trinajstić information content (AvgIpc) is 3.98. The quantitative estimate of drug-likeness (QED) is 0.155. The molecule has 0 saturated carbocycles. The van der Waals surface area contributed by atoms with Crippen molar-refractivity contribution in [2.75, 3.05) is 9.80 Å². The van der Waals surface area contributed by atoms with Crippen LogP contribution in [0.5, 0.6) is 0 Å². The van der Waals surface area contributed by atoms with E-state index < -0.39 is 5.41 Å². The number of pyridine rings is 1. The topological polar surface area (TPSA) is 29.2 Å². The van der Waals surface area contributed by atoms with Gasteiger partial charge in [-0.15, -0.1) is 17.7 Å². The molecule has 0 unspecified atom stereocenters. The molecule has 0 amide bonds. The summed E-state index contributed by atoms with van der Waals surface area (Å²) < 4.78 is 4.73. The first-order chi connectivity index (χ1) is 32.4. The van der Waals surface area contributed by atoms with E-state index >= 15 is 0 Å². The van der Waals surface area contributed by atoms with Crippen LogP contribution in [0.2, 0.25) is 0 Å². The molecule has 10 aromatic rings. The fraction of sp³-hybridized carbons (Fsp3) is 0.238. The number of benzene rings is 7. The molecule has 6 heteroatoms. The Morgan fingerprint density at radius 2 is 1.00 bits per heavy atom. The van der Waals surface area contributed by atoms with Crippen LogP contribution in [0.4, 0.5) is 22.7 Å². The normalized spacial score (nSPS) is 13.5. The predicted molar refractivity (Wildman–Crippen MR) is 287 cm³/mol. The molecular formula is C63H60N5Pt-3. The summed E-state index contributed by atoms with van der Waals surface area (Å²) in [5.74, 6) is 0.881. The van der Waals surface area contributed by atoms with Gasteiger partial charge in [0.15, 0.2) is 0 Å². The van der Waals surface area contributed by atoms with Crippen molar-refractivity contribution >= 4 is 66.4 Å². The molecule has 3 aromatic heterocycles. The van der Waals surface area contributed by atoms with Crippen LogP contribution in [-0.2, 0) is 42.7 Å². The first-order valence-electron chi connectivity index (χ1n) is 24.0. The smallest absolute Gasteiger partial charge is 0.135 e. The molecule has 69 heavy (non-hydrogen) atoms. The summed E-state index contributed by atoms with van der Waals surface area (Å²) in [6.07, 6.45) is 1.96. The van der Waals surface area contributed by atoms with Gasteiger partial charge in [0, 0.05) is 66.3 Å². The second-order valence-corrected chi connectivity index (χ2v) is 22.4. The first kappa shape index (κ1) is 46.3. The van der Waals surface area contributed by atoms with Crippen molar-refractivity contribution in [3.8, 4) is 11.5 Å². The largest absolute Gasteiger partial charge is 0.493 e. The minimum absolute atomic E-state index is 0. The zero-order valence-electron chi connectivity index (χ0n) is 41.6. The Hall–Kier alpha value is -6.42. The Morgan fingerprint density at radius 1 is 0.435 bits per heavy atom. The van der Waals surface area contributed by atoms with E-state index in [1.54, 1.807) is 0 Å². The van der Waals surface area contributed by atoms with Gasteiger partial charge in [-0.05, 0) is 104 Å². The van der Waals surface area contributed by atoms with Gasteiger partial charge in [-0.1, -0.05) is 142 Å². The van der Waals surface area contributed by atoms with Crippen LogP contribution in [0.15, 0.2) is 158 Å². The SMILES string of the molecule is CC(C)(C)c1cc(N2[CH-]N(c3[c-]c(C(C)(C)c4[c-]c5c(cc4)c4ccc(-n6c7ccccc7c7ccccc76)cc4n5-c4cc(C(C)(C)C)ccn4)ccc3)c3ccccc32)cc(C(C)(C)C)c1.[Pt]. The molecule has 0 radical (unpaired) electrons. The van der Waals surface area contributed by atoms with Crippen LogP contribution in [0.25, 0.3) is 55.1 Å². The Labute approximate surface area is 422 Å². The number of nitrogens with zero attached hydrogens (tertiary/aromatic N) is 5. The molecule has 1 aliphatic heterocycles. The van der Waals surface area contributed by atoms with Gasteiger partial charge in [-0.25, -0.2) is 4.98 Å². The van der Waals surface area contributed by atoms with Crippen molar-refractivity contribution < 1.29 is 21.1 Å². The third-order valence-corrected chi connectivity index (χ3v) is 14.3. The van der Waals surface area contributed by atoms with Gasteiger partial charge in [-0.2, -0.15) is 53.6 Å². The minimum atomic E-state index is -0.456. The van der Waals surface area contributed by atoms with Crippen molar-refractivity contribution in [1.82, 2.24) is 14.1 Å². The zero-order chi connectivity index (χ0) is 47.5. The molecule has 0 saturated heterocycles. The summed E-state index contributed by atoms with van der Waals surface area (Å²) in [5, 5.41) is 4.79. The van der Waals surface area contributed by atoms with Crippen LogP contribution in [0.3, 0.4) is 0 Å². The van der Waals surface area contributed by atoms with Crippen LogP contribution >= 0.6 is 0 Å². The van der Waals surface area contributed by atoms with E-state index in [0.29, 0.717) is 0 Å². The van der Waals surface area contributed by atoms with Crippen LogP contribution in [0.1, 0.15) is 104 Å². The maximum atomic E-state index is 5.09. The first-order valence-corrected chi connectivity index (χ1v) is 24.0. The molecule has 0 spiro atoms. The number of fused-ring (bicyclic) bond motifs is 7. The molecule has 0 aliphatic carbocycles. The molecule has 1 aliphatic rings. The van der Waals surface area contributed by atoms with Gasteiger partial charge in [0.05, 0.1) is 11.0 Å². The summed E-state index contributed by atoms with van der Waals surface area (Å²) in [6, 6.07) is 63.6. The Morgan fingerprint density at radius 3 is 1.64 bits per heavy atom. The number of para-hydroxylation sites is 4. The molecular weight excluding hydrogens is 1020 g/mol. The molecule has 5 nitrogen and oxygen atoms in total. The zero-order valence-corrected chi connectivity index (χ0v) is 43.9. The van der Waals surface area contributed by atoms with Crippen molar-refractivity contribution in [2.24, 2.45) is 0 Å². The van der Waals surface area contributed by atoms with E-state index in [4.69, 9.17) is 4.98 Å². The van der Waals surface area contributed by atoms with E-state index in [0.717, 1.165) is 67.2 Å². The van der Waals surface area contributed by atoms with Gasteiger partial charge < -0.3 is 18.9 Å². The maximum Gasteiger partial charge on any atom is 0.135 e. The summed E-state index contributed by atoms with van der Waals surface area (Å²) in [5.41, 5.74) is 15.5. The molecule has 11 rings (SSSR count). The van der Waals surface area contributed by atoms with Crippen molar-refractivity contribution in [2.45, 2.75) is 97.8 Å². The van der Waals surface area contributed by atoms with Crippen LogP contribution in [0, 0.1) is 18.8 Å². The Balaban J connectivity index is 0.00000553. The van der Waals surface area contributed by atoms with Crippen LogP contribution in [-0.4, -0.2) is 14.1 Å². The number of aromatic nitrogens is 3. The van der Waals surface area contributed by atoms with E-state index in [1.165, 1.54) is 38.5 Å². The minimum Gasteiger partial charge on any atom is -0.493 e. The van der Waals surface area contributed by atoms with E-state index in [2.05, 4.69) is 266 Å².